The van der Waals surface area contributed by atoms with Crippen molar-refractivity contribution in [1.82, 2.24) is 4.98 Å². The Kier molecular flexibility index (Phi) is 5.55. The van der Waals surface area contributed by atoms with Gasteiger partial charge in [-0.05, 0) is 37.1 Å². The molecule has 0 saturated heterocycles. The van der Waals surface area contributed by atoms with Crippen molar-refractivity contribution in [3.05, 3.63) is 62.5 Å². The molecule has 0 aliphatic rings. The first-order chi connectivity index (χ1) is 13.4. The molecule has 3 aromatic rings. The lowest BCUT2D eigenvalue weighted by atomic mass is 10.1. The molecule has 0 fully saturated rings. The second-order valence-electron chi connectivity index (χ2n) is 6.05. The molecule has 0 unspecified atom stereocenters. The Morgan fingerprint density at radius 3 is 2.75 bits per heavy atom. The van der Waals surface area contributed by atoms with E-state index >= 15 is 0 Å². The molecule has 3 rings (SSSR count). The zero-order valence-corrected chi connectivity index (χ0v) is 16.3. The van der Waals surface area contributed by atoms with Gasteiger partial charge in [-0.3, -0.25) is 15.5 Å². The van der Waals surface area contributed by atoms with Crippen LogP contribution in [0.2, 0.25) is 0 Å². The number of phenolic OH excluding ortho intramolecular Hbond substituents is 1. The predicted octanol–water partition coefficient (Wildman–Crippen LogP) is 4.50. The molecular weight excluding hydrogens is 380 g/mol. The highest BCUT2D eigenvalue weighted by molar-refractivity contribution is 7.14. The number of nitrogens with one attached hydrogen (secondary N) is 1. The lowest BCUT2D eigenvalue weighted by molar-refractivity contribution is -0.386. The third kappa shape index (κ3) is 4.09. The molecule has 8 nitrogen and oxygen atoms in total. The molecule has 0 aliphatic carbocycles. The highest BCUT2D eigenvalue weighted by atomic mass is 32.1. The fraction of sp³-hybridized carbons (Fsp3) is 0.158. The number of nitro groups is 1. The number of aromatic hydroxyl groups is 1. The molecule has 28 heavy (non-hydrogen) atoms. The number of nitrogens with zero attached hydrogens (tertiary/aromatic N) is 3. The molecule has 0 spiro atoms. The molecule has 0 saturated carbocycles. The number of benzene rings is 2. The van der Waals surface area contributed by atoms with Gasteiger partial charge < -0.3 is 9.84 Å². The van der Waals surface area contributed by atoms with Gasteiger partial charge in [-0.15, -0.1) is 11.3 Å². The van der Waals surface area contributed by atoms with Gasteiger partial charge in [0, 0.05) is 22.6 Å². The van der Waals surface area contributed by atoms with Crippen molar-refractivity contribution in [2.75, 3.05) is 12.5 Å². The standard InChI is InChI=1S/C19H18N4O4S/c1-11-4-5-14(6-12(11)2)15-10-28-19(21-15)22-20-9-13-7-16(23(25)26)18(24)17(8-13)27-3/h4-10,24H,1-3H3,(H,21,22)/b20-9-. The molecular formula is C19H18N4O4S. The minimum Gasteiger partial charge on any atom is -0.500 e. The summed E-state index contributed by atoms with van der Waals surface area (Å²) in [5.41, 5.74) is 7.05. The normalized spacial score (nSPS) is 11.0. The van der Waals surface area contributed by atoms with Crippen LogP contribution in [0.3, 0.4) is 0 Å². The molecule has 0 radical (unpaired) electrons. The van der Waals surface area contributed by atoms with Gasteiger partial charge in [0.1, 0.15) is 0 Å². The van der Waals surface area contributed by atoms with Crippen molar-refractivity contribution in [3.63, 3.8) is 0 Å². The smallest absolute Gasteiger partial charge is 0.315 e. The van der Waals surface area contributed by atoms with Crippen molar-refractivity contribution >= 4 is 28.4 Å². The SMILES string of the molecule is COc1cc(/C=N\Nc2nc(-c3ccc(C)c(C)c3)cs2)cc([N+](=O)[O-])c1O. The molecule has 0 aliphatic heterocycles. The van der Waals surface area contributed by atoms with Crippen LogP contribution in [0.15, 0.2) is 40.8 Å². The maximum Gasteiger partial charge on any atom is 0.315 e. The Labute approximate surface area is 165 Å². The number of hydrazone groups is 1. The van der Waals surface area contributed by atoms with E-state index in [1.165, 1.54) is 47.9 Å². The van der Waals surface area contributed by atoms with Crippen molar-refractivity contribution in [2.45, 2.75) is 13.8 Å². The van der Waals surface area contributed by atoms with Crippen LogP contribution in [0, 0.1) is 24.0 Å². The maximum absolute atomic E-state index is 11.0. The summed E-state index contributed by atoms with van der Waals surface area (Å²) < 4.78 is 4.96. The second kappa shape index (κ2) is 8.05. The summed E-state index contributed by atoms with van der Waals surface area (Å²) in [6.45, 7) is 4.12. The largest absolute Gasteiger partial charge is 0.500 e. The number of phenols is 1. The third-order valence-corrected chi connectivity index (χ3v) is 4.92. The number of hydrogen-bond acceptors (Lipinski definition) is 8. The number of anilines is 1. The van der Waals surface area contributed by atoms with Gasteiger partial charge in [0.05, 0.1) is 23.9 Å². The van der Waals surface area contributed by atoms with Crippen LogP contribution in [-0.4, -0.2) is 28.3 Å². The minimum atomic E-state index is -0.681. The summed E-state index contributed by atoms with van der Waals surface area (Å²) in [6, 6.07) is 8.83. The van der Waals surface area contributed by atoms with E-state index in [0.29, 0.717) is 10.7 Å². The zero-order chi connectivity index (χ0) is 20.3. The van der Waals surface area contributed by atoms with Gasteiger partial charge in [0.2, 0.25) is 10.9 Å². The fourth-order valence-electron chi connectivity index (χ4n) is 2.50. The van der Waals surface area contributed by atoms with Crippen LogP contribution in [-0.2, 0) is 0 Å². The summed E-state index contributed by atoms with van der Waals surface area (Å²) in [5.74, 6) is -0.516. The molecule has 1 aromatic heterocycles. The summed E-state index contributed by atoms with van der Waals surface area (Å²) in [4.78, 5) is 14.9. The summed E-state index contributed by atoms with van der Waals surface area (Å²) in [7, 11) is 1.32. The van der Waals surface area contributed by atoms with Crippen molar-refractivity contribution in [2.24, 2.45) is 5.10 Å². The van der Waals surface area contributed by atoms with Crippen LogP contribution >= 0.6 is 11.3 Å². The topological polar surface area (TPSA) is 110 Å². The van der Waals surface area contributed by atoms with Crippen molar-refractivity contribution < 1.29 is 14.8 Å². The van der Waals surface area contributed by atoms with E-state index in [1.807, 2.05) is 11.4 Å². The number of nitro benzene ring substituents is 1. The number of thiazole rings is 1. The van der Waals surface area contributed by atoms with E-state index < -0.39 is 16.4 Å². The first kappa shape index (κ1) is 19.3. The second-order valence-corrected chi connectivity index (χ2v) is 6.91. The van der Waals surface area contributed by atoms with E-state index in [1.54, 1.807) is 0 Å². The number of aromatic nitrogens is 1. The van der Waals surface area contributed by atoms with Gasteiger partial charge in [0.15, 0.2) is 5.75 Å². The lowest BCUT2D eigenvalue weighted by Crippen LogP contribution is -1.96. The van der Waals surface area contributed by atoms with Crippen LogP contribution < -0.4 is 10.2 Å². The van der Waals surface area contributed by atoms with E-state index in [9.17, 15) is 15.2 Å². The molecule has 9 heteroatoms. The first-order valence-electron chi connectivity index (χ1n) is 8.26. The van der Waals surface area contributed by atoms with Gasteiger partial charge in [-0.2, -0.15) is 5.10 Å². The molecule has 0 atom stereocenters. The molecule has 0 amide bonds. The minimum absolute atomic E-state index is 0.00178. The van der Waals surface area contributed by atoms with Crippen molar-refractivity contribution in [3.8, 4) is 22.8 Å². The number of hydrogen-bond donors (Lipinski definition) is 2. The Morgan fingerprint density at radius 2 is 2.07 bits per heavy atom. The monoisotopic (exact) mass is 398 g/mol. The number of methoxy groups -OCH3 is 1. The first-order valence-corrected chi connectivity index (χ1v) is 9.14. The van der Waals surface area contributed by atoms with E-state index in [2.05, 4.69) is 41.5 Å². The molecule has 2 aromatic carbocycles. The lowest BCUT2D eigenvalue weighted by Gasteiger charge is -2.05. The van der Waals surface area contributed by atoms with Gasteiger partial charge >= 0.3 is 5.69 Å². The van der Waals surface area contributed by atoms with Gasteiger partial charge in [-0.25, -0.2) is 4.98 Å². The number of aryl methyl sites for hydroxylation is 2. The Balaban J connectivity index is 1.77. The molecule has 144 valence electrons. The summed E-state index contributed by atoms with van der Waals surface area (Å²) in [5, 5.41) is 27.4. The predicted molar refractivity (Wildman–Crippen MR) is 110 cm³/mol. The Morgan fingerprint density at radius 1 is 1.29 bits per heavy atom. The summed E-state index contributed by atoms with van der Waals surface area (Å²) in [6.07, 6.45) is 1.39. The van der Waals surface area contributed by atoms with Gasteiger partial charge in [0.25, 0.3) is 0 Å². The fourth-order valence-corrected chi connectivity index (χ4v) is 3.17. The average molecular weight is 398 g/mol. The van der Waals surface area contributed by atoms with E-state index in [-0.39, 0.29) is 5.75 Å². The Hall–Kier alpha value is -3.46. The highest BCUT2D eigenvalue weighted by Gasteiger charge is 2.19. The van der Waals surface area contributed by atoms with Crippen LogP contribution in [0.1, 0.15) is 16.7 Å². The molecule has 2 N–H and O–H groups in total. The Bertz CT molecular complexity index is 1060. The maximum atomic E-state index is 11.0. The van der Waals surface area contributed by atoms with Crippen molar-refractivity contribution in [1.29, 1.82) is 0 Å². The highest BCUT2D eigenvalue weighted by Crippen LogP contribution is 2.36. The third-order valence-electron chi connectivity index (χ3n) is 4.17. The van der Waals surface area contributed by atoms with E-state index in [0.717, 1.165) is 11.3 Å². The van der Waals surface area contributed by atoms with Gasteiger partial charge in [-0.1, -0.05) is 12.1 Å². The van der Waals surface area contributed by atoms with Crippen LogP contribution in [0.4, 0.5) is 10.8 Å². The van der Waals surface area contributed by atoms with Crippen LogP contribution in [0.25, 0.3) is 11.3 Å². The summed E-state index contributed by atoms with van der Waals surface area (Å²) >= 11 is 1.40. The van der Waals surface area contributed by atoms with Crippen LogP contribution in [0.5, 0.6) is 11.5 Å². The molecule has 1 heterocycles. The average Bonchev–Trinajstić information content (AvgIpc) is 3.13. The zero-order valence-electron chi connectivity index (χ0n) is 15.5. The van der Waals surface area contributed by atoms with E-state index in [4.69, 9.17) is 4.74 Å². The number of ether oxygens (including phenoxy) is 1. The number of rotatable bonds is 6. The quantitative estimate of drug-likeness (QED) is 0.359. The molecule has 0 bridgehead atoms.